The number of primary amides is 1. The standard InChI is InChI=1S/C19H18F2N4O/c20-13-6-12(8-23-9-13)15-5-4-14(7-17(15)21)25-10-11-2-1-3-16(19(22)26)18(11)24-25/h1-5,7,10,12-13,23H,6,8-9H2,(H2,22,26)/t12-,13+/m0/s1. The third-order valence-electron chi connectivity index (χ3n) is 4.79. The Balaban J connectivity index is 1.70. The first-order chi connectivity index (χ1) is 12.5. The average molecular weight is 356 g/mol. The first-order valence-electron chi connectivity index (χ1n) is 8.45. The number of hydrogen-bond donors (Lipinski definition) is 2. The average Bonchev–Trinajstić information content (AvgIpc) is 3.05. The summed E-state index contributed by atoms with van der Waals surface area (Å²) in [6.45, 7) is 0.878. The van der Waals surface area contributed by atoms with Gasteiger partial charge in [-0.1, -0.05) is 18.2 Å². The van der Waals surface area contributed by atoms with Crippen LogP contribution in [0.3, 0.4) is 0 Å². The third kappa shape index (κ3) is 2.94. The highest BCUT2D eigenvalue weighted by atomic mass is 19.1. The van der Waals surface area contributed by atoms with Crippen LogP contribution >= 0.6 is 0 Å². The Morgan fingerprint density at radius 2 is 2.12 bits per heavy atom. The summed E-state index contributed by atoms with van der Waals surface area (Å²) in [6, 6.07) is 9.95. The van der Waals surface area contributed by atoms with E-state index in [9.17, 15) is 13.6 Å². The van der Waals surface area contributed by atoms with Gasteiger partial charge >= 0.3 is 0 Å². The molecule has 1 aliphatic rings. The minimum absolute atomic E-state index is 0.189. The molecule has 2 heterocycles. The van der Waals surface area contributed by atoms with Crippen molar-refractivity contribution in [3.8, 4) is 5.69 Å². The van der Waals surface area contributed by atoms with E-state index in [1.165, 1.54) is 10.7 Å². The molecule has 1 aliphatic heterocycles. The van der Waals surface area contributed by atoms with Crippen molar-refractivity contribution < 1.29 is 13.6 Å². The first kappa shape index (κ1) is 16.7. The van der Waals surface area contributed by atoms with Gasteiger partial charge in [0.1, 0.15) is 17.5 Å². The van der Waals surface area contributed by atoms with E-state index in [-0.39, 0.29) is 5.92 Å². The van der Waals surface area contributed by atoms with Gasteiger partial charge in [0.05, 0.1) is 11.3 Å². The van der Waals surface area contributed by atoms with Crippen molar-refractivity contribution in [1.29, 1.82) is 0 Å². The Morgan fingerprint density at radius 1 is 1.27 bits per heavy atom. The SMILES string of the molecule is NC(=O)c1cccc2cn(-c3ccc([C@@H]4CNC[C@H](F)C4)c(F)c3)nc12. The Bertz CT molecular complexity index is 985. The number of nitrogens with zero attached hydrogens (tertiary/aromatic N) is 2. The maximum Gasteiger partial charge on any atom is 0.250 e. The van der Waals surface area contributed by atoms with Gasteiger partial charge in [-0.15, -0.1) is 0 Å². The molecule has 5 nitrogen and oxygen atoms in total. The van der Waals surface area contributed by atoms with Gasteiger partial charge < -0.3 is 11.1 Å². The molecule has 3 aromatic rings. The Hall–Kier alpha value is -2.80. The molecule has 3 N–H and O–H groups in total. The smallest absolute Gasteiger partial charge is 0.250 e. The molecule has 1 fully saturated rings. The highest BCUT2D eigenvalue weighted by Gasteiger charge is 2.25. The lowest BCUT2D eigenvalue weighted by molar-refractivity contribution is 0.100. The summed E-state index contributed by atoms with van der Waals surface area (Å²) >= 11 is 0. The zero-order valence-corrected chi connectivity index (χ0v) is 14.0. The summed E-state index contributed by atoms with van der Waals surface area (Å²) in [6.07, 6.45) is 1.07. The van der Waals surface area contributed by atoms with E-state index in [0.717, 1.165) is 5.39 Å². The van der Waals surface area contributed by atoms with Crippen LogP contribution in [-0.2, 0) is 0 Å². The van der Waals surface area contributed by atoms with Crippen molar-refractivity contribution in [3.05, 3.63) is 59.5 Å². The van der Waals surface area contributed by atoms with E-state index < -0.39 is 17.9 Å². The number of rotatable bonds is 3. The van der Waals surface area contributed by atoms with Gasteiger partial charge in [0.2, 0.25) is 0 Å². The number of nitrogens with one attached hydrogen (secondary N) is 1. The summed E-state index contributed by atoms with van der Waals surface area (Å²) in [5, 5.41) is 8.10. The molecule has 0 bridgehead atoms. The number of carbonyl (C=O) groups excluding carboxylic acids is 1. The van der Waals surface area contributed by atoms with Gasteiger partial charge in [0, 0.05) is 30.6 Å². The van der Waals surface area contributed by atoms with Crippen molar-refractivity contribution in [3.63, 3.8) is 0 Å². The normalized spacial score (nSPS) is 20.4. The molecule has 1 aromatic heterocycles. The second-order valence-electron chi connectivity index (χ2n) is 6.58. The number of fused-ring (bicyclic) bond motifs is 1. The fraction of sp³-hybridized carbons (Fsp3) is 0.263. The molecule has 0 aliphatic carbocycles. The summed E-state index contributed by atoms with van der Waals surface area (Å²) in [7, 11) is 0. The van der Waals surface area contributed by atoms with Gasteiger partial charge in [0.15, 0.2) is 0 Å². The number of nitrogens with two attached hydrogens (primary N) is 1. The van der Waals surface area contributed by atoms with Gasteiger partial charge in [-0.3, -0.25) is 4.79 Å². The number of halogens is 2. The van der Waals surface area contributed by atoms with Crippen LogP contribution in [0.1, 0.15) is 28.3 Å². The minimum Gasteiger partial charge on any atom is -0.366 e. The van der Waals surface area contributed by atoms with Crippen LogP contribution in [0, 0.1) is 5.82 Å². The maximum absolute atomic E-state index is 14.6. The number of alkyl halides is 1. The number of hydrogen-bond acceptors (Lipinski definition) is 3. The minimum atomic E-state index is -0.962. The zero-order valence-electron chi connectivity index (χ0n) is 14.0. The lowest BCUT2D eigenvalue weighted by Crippen LogP contribution is -2.36. The van der Waals surface area contributed by atoms with Crippen LogP contribution in [0.5, 0.6) is 0 Å². The second kappa shape index (κ2) is 6.49. The molecule has 4 rings (SSSR count). The van der Waals surface area contributed by atoms with Crippen LogP contribution < -0.4 is 11.1 Å². The fourth-order valence-electron chi connectivity index (χ4n) is 3.49. The highest BCUT2D eigenvalue weighted by Crippen LogP contribution is 2.28. The lowest BCUT2D eigenvalue weighted by atomic mass is 9.90. The lowest BCUT2D eigenvalue weighted by Gasteiger charge is -2.26. The van der Waals surface area contributed by atoms with E-state index in [0.29, 0.717) is 41.8 Å². The predicted octanol–water partition coefficient (Wildman–Crippen LogP) is 2.68. The van der Waals surface area contributed by atoms with E-state index in [1.54, 1.807) is 30.5 Å². The Morgan fingerprint density at radius 3 is 2.85 bits per heavy atom. The molecule has 134 valence electrons. The molecular formula is C19H18F2N4O. The van der Waals surface area contributed by atoms with Crippen LogP contribution in [0.2, 0.25) is 0 Å². The van der Waals surface area contributed by atoms with Crippen molar-refractivity contribution in [1.82, 2.24) is 15.1 Å². The second-order valence-corrected chi connectivity index (χ2v) is 6.58. The summed E-state index contributed by atoms with van der Waals surface area (Å²) < 4.78 is 29.7. The number of benzene rings is 2. The number of piperidine rings is 1. The predicted molar refractivity (Wildman–Crippen MR) is 94.7 cm³/mol. The summed E-state index contributed by atoms with van der Waals surface area (Å²) in [4.78, 5) is 11.5. The fourth-order valence-corrected chi connectivity index (χ4v) is 3.49. The Kier molecular flexibility index (Phi) is 4.16. The molecule has 1 saturated heterocycles. The monoisotopic (exact) mass is 356 g/mol. The molecule has 0 unspecified atom stereocenters. The first-order valence-corrected chi connectivity index (χ1v) is 8.45. The molecular weight excluding hydrogens is 338 g/mol. The zero-order chi connectivity index (χ0) is 18.3. The van der Waals surface area contributed by atoms with Gasteiger partial charge in [-0.05, 0) is 30.2 Å². The van der Waals surface area contributed by atoms with Gasteiger partial charge in [-0.2, -0.15) is 5.10 Å². The van der Waals surface area contributed by atoms with Gasteiger partial charge in [0.25, 0.3) is 5.91 Å². The van der Waals surface area contributed by atoms with E-state index in [1.807, 2.05) is 6.07 Å². The molecule has 0 saturated carbocycles. The maximum atomic E-state index is 14.6. The van der Waals surface area contributed by atoms with Crippen LogP contribution in [0.25, 0.3) is 16.6 Å². The summed E-state index contributed by atoms with van der Waals surface area (Å²) in [5.74, 6) is -1.14. The van der Waals surface area contributed by atoms with E-state index >= 15 is 0 Å². The molecule has 0 radical (unpaired) electrons. The molecule has 26 heavy (non-hydrogen) atoms. The van der Waals surface area contributed by atoms with Crippen molar-refractivity contribution in [2.24, 2.45) is 5.73 Å². The number of carbonyl (C=O) groups is 1. The topological polar surface area (TPSA) is 72.9 Å². The number of aromatic nitrogens is 2. The van der Waals surface area contributed by atoms with Crippen LogP contribution in [0.15, 0.2) is 42.6 Å². The molecule has 0 spiro atoms. The van der Waals surface area contributed by atoms with E-state index in [4.69, 9.17) is 5.73 Å². The third-order valence-corrected chi connectivity index (χ3v) is 4.79. The molecule has 2 aromatic carbocycles. The largest absolute Gasteiger partial charge is 0.366 e. The molecule has 7 heteroatoms. The molecule has 1 amide bonds. The van der Waals surface area contributed by atoms with Crippen molar-refractivity contribution in [2.75, 3.05) is 13.1 Å². The van der Waals surface area contributed by atoms with Crippen molar-refractivity contribution in [2.45, 2.75) is 18.5 Å². The highest BCUT2D eigenvalue weighted by molar-refractivity contribution is 6.04. The summed E-state index contributed by atoms with van der Waals surface area (Å²) in [5.41, 5.74) is 7.20. The number of amides is 1. The van der Waals surface area contributed by atoms with Gasteiger partial charge in [-0.25, -0.2) is 13.5 Å². The van der Waals surface area contributed by atoms with Crippen LogP contribution in [-0.4, -0.2) is 34.9 Å². The Labute approximate surface area is 148 Å². The van der Waals surface area contributed by atoms with Crippen molar-refractivity contribution >= 4 is 16.8 Å². The molecule has 2 atom stereocenters. The quantitative estimate of drug-likeness (QED) is 0.758. The van der Waals surface area contributed by atoms with E-state index in [2.05, 4.69) is 10.4 Å². The van der Waals surface area contributed by atoms with Crippen LogP contribution in [0.4, 0.5) is 8.78 Å².